The van der Waals surface area contributed by atoms with Crippen LogP contribution in [0.15, 0.2) is 59.5 Å². The van der Waals surface area contributed by atoms with E-state index in [1.165, 1.54) is 18.4 Å². The Bertz CT molecular complexity index is 890. The molecule has 3 aromatic rings. The van der Waals surface area contributed by atoms with Crippen LogP contribution in [-0.4, -0.2) is 24.7 Å². The Balaban J connectivity index is 1.71. The molecule has 0 aliphatic carbocycles. The third-order valence-electron chi connectivity index (χ3n) is 3.57. The predicted octanol–water partition coefficient (Wildman–Crippen LogP) is 4.81. The van der Waals surface area contributed by atoms with Gasteiger partial charge in [-0.3, -0.25) is 4.79 Å². The highest BCUT2D eigenvalue weighted by Crippen LogP contribution is 2.36. The Kier molecular flexibility index (Phi) is 5.73. The third kappa shape index (κ3) is 4.21. The number of methoxy groups -OCH3 is 1. The molecule has 3 rings (SSSR count). The van der Waals surface area contributed by atoms with Gasteiger partial charge in [-0.25, -0.2) is 4.79 Å². The van der Waals surface area contributed by atoms with Crippen LogP contribution in [0.4, 0.5) is 5.69 Å². The fourth-order valence-corrected chi connectivity index (χ4v) is 4.34. The maximum absolute atomic E-state index is 12.3. The van der Waals surface area contributed by atoms with Crippen molar-refractivity contribution < 1.29 is 14.3 Å². The van der Waals surface area contributed by atoms with E-state index in [1.54, 1.807) is 11.8 Å². The first kappa shape index (κ1) is 17.5. The lowest BCUT2D eigenvalue weighted by Gasteiger charge is -2.07. The smallest absolute Gasteiger partial charge is 0.350 e. The summed E-state index contributed by atoms with van der Waals surface area (Å²) in [6.45, 7) is 0. The minimum absolute atomic E-state index is 0.114. The van der Waals surface area contributed by atoms with Crippen LogP contribution in [0, 0.1) is 0 Å². The van der Waals surface area contributed by atoms with Crippen LogP contribution in [-0.2, 0) is 9.53 Å². The highest BCUT2D eigenvalue weighted by molar-refractivity contribution is 7.99. The average molecular weight is 371 g/mol. The van der Waals surface area contributed by atoms with Crippen LogP contribution in [0.2, 0.25) is 0 Å². The van der Waals surface area contributed by atoms with E-state index in [0.29, 0.717) is 22.7 Å². The van der Waals surface area contributed by atoms with Crippen molar-refractivity contribution in [3.8, 4) is 0 Å². The summed E-state index contributed by atoms with van der Waals surface area (Å²) < 4.78 is 5.78. The Morgan fingerprint density at radius 2 is 1.80 bits per heavy atom. The summed E-state index contributed by atoms with van der Waals surface area (Å²) >= 11 is 2.95. The van der Waals surface area contributed by atoms with Crippen LogP contribution in [0.5, 0.6) is 0 Å². The topological polar surface area (TPSA) is 55.4 Å². The lowest BCUT2D eigenvalue weighted by atomic mass is 10.2. The second-order valence-electron chi connectivity index (χ2n) is 5.25. The van der Waals surface area contributed by atoms with Crippen LogP contribution in [0.25, 0.3) is 10.1 Å². The highest BCUT2D eigenvalue weighted by Gasteiger charge is 2.20. The Morgan fingerprint density at radius 3 is 2.56 bits per heavy atom. The Labute approximate surface area is 154 Å². The molecule has 0 unspecified atom stereocenters. The quantitative estimate of drug-likeness (QED) is 0.499. The van der Waals surface area contributed by atoms with Gasteiger partial charge in [0.15, 0.2) is 0 Å². The third-order valence-corrected chi connectivity index (χ3v) is 5.74. The Morgan fingerprint density at radius 1 is 1.08 bits per heavy atom. The molecule has 128 valence electrons. The molecule has 0 bridgehead atoms. The first-order chi connectivity index (χ1) is 12.2. The fourth-order valence-electron chi connectivity index (χ4n) is 2.39. The Hall–Kier alpha value is -2.31. The number of hydrogen-bond donors (Lipinski definition) is 1. The lowest BCUT2D eigenvalue weighted by Crippen LogP contribution is -2.14. The van der Waals surface area contributed by atoms with Gasteiger partial charge in [-0.2, -0.15) is 0 Å². The van der Waals surface area contributed by atoms with Crippen molar-refractivity contribution in [2.75, 3.05) is 18.2 Å². The lowest BCUT2D eigenvalue weighted by molar-refractivity contribution is -0.115. The van der Waals surface area contributed by atoms with Gasteiger partial charge in [-0.05, 0) is 18.2 Å². The summed E-state index contributed by atoms with van der Waals surface area (Å²) in [6.07, 6.45) is 0.365. The second kappa shape index (κ2) is 8.18. The maximum Gasteiger partial charge on any atom is 0.350 e. The summed E-state index contributed by atoms with van der Waals surface area (Å²) in [5.74, 6) is 0.123. The molecule has 6 heteroatoms. The first-order valence-corrected chi connectivity index (χ1v) is 9.57. The van der Waals surface area contributed by atoms with Gasteiger partial charge in [-0.1, -0.05) is 36.4 Å². The predicted molar refractivity (Wildman–Crippen MR) is 104 cm³/mol. The number of anilines is 1. The van der Waals surface area contributed by atoms with Crippen molar-refractivity contribution in [3.63, 3.8) is 0 Å². The molecule has 0 spiro atoms. The van der Waals surface area contributed by atoms with Gasteiger partial charge in [0.1, 0.15) is 4.88 Å². The number of amides is 1. The summed E-state index contributed by atoms with van der Waals surface area (Å²) in [5, 5.41) is 3.75. The molecular formula is C19H17NO3S2. The second-order valence-corrected chi connectivity index (χ2v) is 7.47. The van der Waals surface area contributed by atoms with Crippen molar-refractivity contribution >= 4 is 50.7 Å². The minimum atomic E-state index is -0.435. The largest absolute Gasteiger partial charge is 0.465 e. The van der Waals surface area contributed by atoms with E-state index < -0.39 is 5.97 Å². The molecule has 0 atom stereocenters. The number of benzene rings is 2. The fraction of sp³-hybridized carbons (Fsp3) is 0.158. The molecule has 0 radical (unpaired) electrons. The van der Waals surface area contributed by atoms with Crippen LogP contribution in [0.3, 0.4) is 0 Å². The number of nitrogens with one attached hydrogen (secondary N) is 1. The van der Waals surface area contributed by atoms with Crippen molar-refractivity contribution in [2.45, 2.75) is 11.3 Å². The molecule has 0 aliphatic rings. The number of esters is 1. The van der Waals surface area contributed by atoms with Gasteiger partial charge in [-0.15, -0.1) is 23.1 Å². The van der Waals surface area contributed by atoms with E-state index in [-0.39, 0.29) is 5.91 Å². The van der Waals surface area contributed by atoms with Crippen LogP contribution in [0.1, 0.15) is 16.1 Å². The number of rotatable bonds is 6. The molecule has 25 heavy (non-hydrogen) atoms. The minimum Gasteiger partial charge on any atom is -0.465 e. The standard InChI is InChI=1S/C19H17NO3S2/c1-23-19(22)18-17(14-9-5-6-10-15(14)25-18)20-16(21)11-12-24-13-7-3-2-4-8-13/h2-10H,11-12H2,1H3,(H,20,21). The van der Waals surface area contributed by atoms with Gasteiger partial charge < -0.3 is 10.1 Å². The summed E-state index contributed by atoms with van der Waals surface area (Å²) in [6, 6.07) is 17.6. The number of thioether (sulfide) groups is 1. The number of carbonyl (C=O) groups excluding carboxylic acids is 2. The van der Waals surface area contributed by atoms with Crippen molar-refractivity contribution in [3.05, 3.63) is 59.5 Å². The van der Waals surface area contributed by atoms with E-state index in [2.05, 4.69) is 5.32 Å². The molecule has 1 N–H and O–H groups in total. The monoisotopic (exact) mass is 371 g/mol. The van der Waals surface area contributed by atoms with Gasteiger partial charge in [0.2, 0.25) is 5.91 Å². The highest BCUT2D eigenvalue weighted by atomic mass is 32.2. The molecule has 1 aromatic heterocycles. The van der Waals surface area contributed by atoms with E-state index in [4.69, 9.17) is 4.74 Å². The van der Waals surface area contributed by atoms with E-state index in [1.807, 2.05) is 54.6 Å². The van der Waals surface area contributed by atoms with Gasteiger partial charge in [0.25, 0.3) is 0 Å². The molecule has 1 amide bonds. The zero-order valence-electron chi connectivity index (χ0n) is 13.7. The average Bonchev–Trinajstić information content (AvgIpc) is 3.00. The maximum atomic E-state index is 12.3. The summed E-state index contributed by atoms with van der Waals surface area (Å²) in [4.78, 5) is 25.9. The molecule has 0 saturated heterocycles. The molecule has 4 nitrogen and oxygen atoms in total. The van der Waals surface area contributed by atoms with Crippen molar-refractivity contribution in [1.82, 2.24) is 0 Å². The van der Waals surface area contributed by atoms with Gasteiger partial charge in [0, 0.05) is 27.2 Å². The number of ether oxygens (including phenoxy) is 1. The summed E-state index contributed by atoms with van der Waals surface area (Å²) in [5.41, 5.74) is 0.544. The van der Waals surface area contributed by atoms with Gasteiger partial charge >= 0.3 is 5.97 Å². The number of hydrogen-bond acceptors (Lipinski definition) is 5. The number of fused-ring (bicyclic) bond motifs is 1. The van der Waals surface area contributed by atoms with E-state index in [0.717, 1.165) is 15.0 Å². The number of carbonyl (C=O) groups is 2. The zero-order chi connectivity index (χ0) is 17.6. The van der Waals surface area contributed by atoms with E-state index >= 15 is 0 Å². The molecule has 0 aliphatic heterocycles. The SMILES string of the molecule is COC(=O)c1sc2ccccc2c1NC(=O)CCSc1ccccc1. The van der Waals surface area contributed by atoms with Crippen LogP contribution < -0.4 is 5.32 Å². The normalized spacial score (nSPS) is 10.6. The zero-order valence-corrected chi connectivity index (χ0v) is 15.3. The molecule has 0 fully saturated rings. The van der Waals surface area contributed by atoms with Gasteiger partial charge in [0.05, 0.1) is 12.8 Å². The van der Waals surface area contributed by atoms with Crippen molar-refractivity contribution in [1.29, 1.82) is 0 Å². The number of thiophene rings is 1. The van der Waals surface area contributed by atoms with E-state index in [9.17, 15) is 9.59 Å². The summed E-state index contributed by atoms with van der Waals surface area (Å²) in [7, 11) is 1.34. The molecule has 0 saturated carbocycles. The molecule has 2 aromatic carbocycles. The van der Waals surface area contributed by atoms with Crippen LogP contribution >= 0.6 is 23.1 Å². The molecule has 1 heterocycles. The first-order valence-electron chi connectivity index (χ1n) is 7.76. The molecular weight excluding hydrogens is 354 g/mol. The van der Waals surface area contributed by atoms with Crippen molar-refractivity contribution in [2.24, 2.45) is 0 Å².